The average molecular weight is 296 g/mol. The van der Waals surface area contributed by atoms with Crippen molar-refractivity contribution >= 4 is 5.97 Å². The van der Waals surface area contributed by atoms with Crippen molar-refractivity contribution in [3.05, 3.63) is 35.6 Å². The summed E-state index contributed by atoms with van der Waals surface area (Å²) in [5.41, 5.74) is 0.439. The van der Waals surface area contributed by atoms with Crippen molar-refractivity contribution < 1.29 is 19.0 Å². The van der Waals surface area contributed by atoms with Gasteiger partial charge in [0.05, 0.1) is 13.2 Å². The van der Waals surface area contributed by atoms with E-state index in [0.717, 1.165) is 39.3 Å². The molecule has 1 unspecified atom stereocenters. The van der Waals surface area contributed by atoms with Gasteiger partial charge in [0.25, 0.3) is 0 Å². The zero-order valence-corrected chi connectivity index (χ0v) is 11.9. The van der Waals surface area contributed by atoms with Crippen molar-refractivity contribution in [1.29, 1.82) is 0 Å². The number of ether oxygens (including phenoxy) is 1. The zero-order chi connectivity index (χ0) is 15.1. The van der Waals surface area contributed by atoms with Crippen LogP contribution in [0, 0.1) is 5.82 Å². The van der Waals surface area contributed by atoms with Crippen molar-refractivity contribution in [2.45, 2.75) is 12.5 Å². The normalized spacial score (nSPS) is 17.6. The second-order valence-corrected chi connectivity index (χ2v) is 5.09. The predicted molar refractivity (Wildman–Crippen MR) is 76.7 cm³/mol. The van der Waals surface area contributed by atoms with Crippen LogP contribution in [-0.4, -0.2) is 55.4 Å². The molecule has 1 aliphatic rings. The van der Waals surface area contributed by atoms with Crippen LogP contribution < -0.4 is 5.32 Å². The topological polar surface area (TPSA) is 61.8 Å². The highest BCUT2D eigenvalue weighted by Gasteiger charge is 2.19. The molecule has 0 spiro atoms. The molecule has 1 fully saturated rings. The molecule has 6 heteroatoms. The van der Waals surface area contributed by atoms with E-state index < -0.39 is 17.8 Å². The van der Waals surface area contributed by atoms with Gasteiger partial charge in [-0.15, -0.1) is 0 Å². The standard InChI is InChI=1S/C15H21FN2O3/c16-13-4-1-3-12(11-13)14(15(19)20)17-5-2-6-18-7-9-21-10-8-18/h1,3-4,11,14,17H,2,5-10H2,(H,19,20). The molecular formula is C15H21FN2O3. The number of aliphatic carboxylic acids is 1. The molecule has 2 N–H and O–H groups in total. The monoisotopic (exact) mass is 296 g/mol. The number of carbonyl (C=O) groups is 1. The summed E-state index contributed by atoms with van der Waals surface area (Å²) in [6.07, 6.45) is 0.846. The average Bonchev–Trinajstić information content (AvgIpc) is 2.48. The lowest BCUT2D eigenvalue weighted by Crippen LogP contribution is -2.38. The van der Waals surface area contributed by atoms with Crippen LogP contribution in [0.3, 0.4) is 0 Å². The molecule has 2 rings (SSSR count). The molecule has 1 heterocycles. The maximum Gasteiger partial charge on any atom is 0.325 e. The first-order chi connectivity index (χ1) is 10.2. The summed E-state index contributed by atoms with van der Waals surface area (Å²) >= 11 is 0. The molecule has 0 bridgehead atoms. The number of nitrogens with one attached hydrogen (secondary N) is 1. The van der Waals surface area contributed by atoms with Crippen molar-refractivity contribution in [2.75, 3.05) is 39.4 Å². The third-order valence-corrected chi connectivity index (χ3v) is 3.53. The lowest BCUT2D eigenvalue weighted by molar-refractivity contribution is -0.139. The summed E-state index contributed by atoms with van der Waals surface area (Å²) in [5.74, 6) is -1.42. The van der Waals surface area contributed by atoms with Gasteiger partial charge in [-0.25, -0.2) is 4.39 Å². The molecule has 21 heavy (non-hydrogen) atoms. The molecular weight excluding hydrogens is 275 g/mol. The van der Waals surface area contributed by atoms with Gasteiger partial charge in [0.15, 0.2) is 0 Å². The number of benzene rings is 1. The van der Waals surface area contributed by atoms with Gasteiger partial charge < -0.3 is 15.2 Å². The molecule has 0 amide bonds. The summed E-state index contributed by atoms with van der Waals surface area (Å²) in [6, 6.07) is 4.84. The van der Waals surface area contributed by atoms with Crippen molar-refractivity contribution in [2.24, 2.45) is 0 Å². The third-order valence-electron chi connectivity index (χ3n) is 3.53. The Balaban J connectivity index is 1.79. The molecule has 1 aliphatic heterocycles. The van der Waals surface area contributed by atoms with Crippen LogP contribution in [0.1, 0.15) is 18.0 Å². The first-order valence-electron chi connectivity index (χ1n) is 7.18. The van der Waals surface area contributed by atoms with Crippen LogP contribution in [0.15, 0.2) is 24.3 Å². The molecule has 1 aromatic rings. The molecule has 0 aliphatic carbocycles. The summed E-state index contributed by atoms with van der Waals surface area (Å²) in [7, 11) is 0. The fourth-order valence-electron chi connectivity index (χ4n) is 2.41. The minimum atomic E-state index is -0.994. The van der Waals surface area contributed by atoms with Crippen LogP contribution in [0.25, 0.3) is 0 Å². The van der Waals surface area contributed by atoms with E-state index in [-0.39, 0.29) is 0 Å². The van der Waals surface area contributed by atoms with Gasteiger partial charge in [-0.05, 0) is 37.2 Å². The van der Waals surface area contributed by atoms with Crippen LogP contribution >= 0.6 is 0 Å². The Bertz CT molecular complexity index is 464. The number of carboxylic acids is 1. The highest BCUT2D eigenvalue weighted by atomic mass is 19.1. The van der Waals surface area contributed by atoms with E-state index in [1.165, 1.54) is 18.2 Å². The number of hydrogen-bond donors (Lipinski definition) is 2. The molecule has 116 valence electrons. The van der Waals surface area contributed by atoms with Crippen LogP contribution in [0.4, 0.5) is 4.39 Å². The predicted octanol–water partition coefficient (Wildman–Crippen LogP) is 1.26. The fourth-order valence-corrected chi connectivity index (χ4v) is 2.41. The lowest BCUT2D eigenvalue weighted by atomic mass is 10.1. The quantitative estimate of drug-likeness (QED) is 0.742. The van der Waals surface area contributed by atoms with Crippen LogP contribution in [0.5, 0.6) is 0 Å². The Hall–Kier alpha value is -1.50. The van der Waals surface area contributed by atoms with Gasteiger partial charge in [0.2, 0.25) is 0 Å². The van der Waals surface area contributed by atoms with Gasteiger partial charge >= 0.3 is 5.97 Å². The Labute approximate surface area is 123 Å². The van der Waals surface area contributed by atoms with Gasteiger partial charge in [0.1, 0.15) is 11.9 Å². The second kappa shape index (κ2) is 8.07. The first kappa shape index (κ1) is 15.9. The number of hydrogen-bond acceptors (Lipinski definition) is 4. The Kier molecular flexibility index (Phi) is 6.10. The SMILES string of the molecule is O=C(O)C(NCCCN1CCOCC1)c1cccc(F)c1. The summed E-state index contributed by atoms with van der Waals surface area (Å²) in [4.78, 5) is 13.6. The number of rotatable bonds is 7. The molecule has 5 nitrogen and oxygen atoms in total. The lowest BCUT2D eigenvalue weighted by Gasteiger charge is -2.26. The Morgan fingerprint density at radius 2 is 2.19 bits per heavy atom. The molecule has 1 aromatic carbocycles. The van der Waals surface area contributed by atoms with E-state index in [4.69, 9.17) is 4.74 Å². The van der Waals surface area contributed by atoms with Crippen molar-refractivity contribution in [1.82, 2.24) is 10.2 Å². The minimum absolute atomic E-state index is 0.422. The number of morpholine rings is 1. The van der Waals surface area contributed by atoms with E-state index in [0.29, 0.717) is 12.1 Å². The van der Waals surface area contributed by atoms with Crippen LogP contribution in [0.2, 0.25) is 0 Å². The molecule has 1 atom stereocenters. The van der Waals surface area contributed by atoms with Gasteiger partial charge in [-0.1, -0.05) is 12.1 Å². The fraction of sp³-hybridized carbons (Fsp3) is 0.533. The summed E-state index contributed by atoms with van der Waals surface area (Å²) in [5, 5.41) is 12.2. The second-order valence-electron chi connectivity index (χ2n) is 5.09. The number of carboxylic acid groups (broad SMARTS) is 1. The zero-order valence-electron chi connectivity index (χ0n) is 11.9. The first-order valence-corrected chi connectivity index (χ1v) is 7.18. The number of nitrogens with zero attached hydrogens (tertiary/aromatic N) is 1. The molecule has 1 saturated heterocycles. The van der Waals surface area contributed by atoms with E-state index in [9.17, 15) is 14.3 Å². The Morgan fingerprint density at radius 1 is 1.43 bits per heavy atom. The van der Waals surface area contributed by atoms with Crippen molar-refractivity contribution in [3.63, 3.8) is 0 Å². The molecule has 0 saturated carbocycles. The van der Waals surface area contributed by atoms with Gasteiger partial charge in [-0.2, -0.15) is 0 Å². The minimum Gasteiger partial charge on any atom is -0.480 e. The van der Waals surface area contributed by atoms with Gasteiger partial charge in [0, 0.05) is 13.1 Å². The van der Waals surface area contributed by atoms with E-state index >= 15 is 0 Å². The smallest absolute Gasteiger partial charge is 0.325 e. The maximum atomic E-state index is 13.2. The molecule has 0 aromatic heterocycles. The van der Waals surface area contributed by atoms with E-state index in [1.807, 2.05) is 0 Å². The van der Waals surface area contributed by atoms with E-state index in [1.54, 1.807) is 6.07 Å². The molecule has 0 radical (unpaired) electrons. The summed E-state index contributed by atoms with van der Waals surface area (Å²) < 4.78 is 18.5. The van der Waals surface area contributed by atoms with Crippen molar-refractivity contribution in [3.8, 4) is 0 Å². The summed E-state index contributed by atoms with van der Waals surface area (Å²) in [6.45, 7) is 4.85. The third kappa shape index (κ3) is 5.08. The largest absolute Gasteiger partial charge is 0.480 e. The van der Waals surface area contributed by atoms with Gasteiger partial charge in [-0.3, -0.25) is 9.69 Å². The Morgan fingerprint density at radius 3 is 2.86 bits per heavy atom. The highest BCUT2D eigenvalue weighted by molar-refractivity contribution is 5.75. The highest BCUT2D eigenvalue weighted by Crippen LogP contribution is 2.14. The maximum absolute atomic E-state index is 13.2. The van der Waals surface area contributed by atoms with E-state index in [2.05, 4.69) is 10.2 Å². The van der Waals surface area contributed by atoms with Crippen LogP contribution in [-0.2, 0) is 9.53 Å². The number of halogens is 1.